The van der Waals surface area contributed by atoms with Gasteiger partial charge in [-0.3, -0.25) is 0 Å². The summed E-state index contributed by atoms with van der Waals surface area (Å²) in [6.45, 7) is 0. The number of furan rings is 1. The summed E-state index contributed by atoms with van der Waals surface area (Å²) in [5.41, 5.74) is 12.9. The monoisotopic (exact) mass is 807 g/mol. The number of ether oxygens (including phenoxy) is 1. The van der Waals surface area contributed by atoms with Crippen molar-refractivity contribution in [1.82, 2.24) is 24.9 Å². The molecule has 1 spiro atoms. The van der Waals surface area contributed by atoms with Crippen LogP contribution in [0.25, 0.3) is 90.0 Å². The van der Waals surface area contributed by atoms with Crippen molar-refractivity contribution in [2.75, 3.05) is 0 Å². The summed E-state index contributed by atoms with van der Waals surface area (Å²) >= 11 is 0. The number of hydrogen-bond donors (Lipinski definition) is 0. The number of para-hydroxylation sites is 3. The van der Waals surface area contributed by atoms with Crippen molar-refractivity contribution in [2.45, 2.75) is 5.41 Å². The minimum Gasteiger partial charge on any atom is -0.457 e. The van der Waals surface area contributed by atoms with Gasteiger partial charge in [0, 0.05) is 44.3 Å². The lowest BCUT2D eigenvalue weighted by Crippen LogP contribution is -2.32. The van der Waals surface area contributed by atoms with Crippen LogP contribution in [-0.2, 0) is 5.41 Å². The van der Waals surface area contributed by atoms with E-state index in [1.54, 1.807) is 0 Å². The molecule has 11 aromatic rings. The van der Waals surface area contributed by atoms with Gasteiger partial charge in [0.1, 0.15) is 28.3 Å². The Kier molecular flexibility index (Phi) is 7.68. The number of rotatable bonds is 5. The van der Waals surface area contributed by atoms with Crippen LogP contribution in [0.1, 0.15) is 22.3 Å². The van der Waals surface area contributed by atoms with Crippen molar-refractivity contribution in [2.24, 2.45) is 0 Å². The van der Waals surface area contributed by atoms with Crippen molar-refractivity contribution in [3.63, 3.8) is 0 Å². The van der Waals surface area contributed by atoms with E-state index >= 15 is 0 Å². The lowest BCUT2D eigenvalue weighted by Gasteiger charge is -2.39. The predicted molar refractivity (Wildman–Crippen MR) is 247 cm³/mol. The van der Waals surface area contributed by atoms with Gasteiger partial charge in [0.25, 0.3) is 0 Å². The van der Waals surface area contributed by atoms with E-state index in [1.165, 1.54) is 0 Å². The predicted octanol–water partition coefficient (Wildman–Crippen LogP) is 13.4. The Morgan fingerprint density at radius 3 is 1.40 bits per heavy atom. The number of aromatic nitrogens is 5. The molecule has 63 heavy (non-hydrogen) atoms. The Hall–Kier alpha value is -8.55. The highest BCUT2D eigenvalue weighted by molar-refractivity contribution is 6.08. The van der Waals surface area contributed by atoms with E-state index in [4.69, 9.17) is 34.1 Å². The topological polar surface area (TPSA) is 86.8 Å². The molecule has 0 N–H and O–H groups in total. The molecule has 0 unspecified atom stereocenters. The van der Waals surface area contributed by atoms with Gasteiger partial charge in [0.05, 0.1) is 5.41 Å². The largest absolute Gasteiger partial charge is 0.457 e. The summed E-state index contributed by atoms with van der Waals surface area (Å²) in [7, 11) is 0. The standard InChI is InChI=1S/C56H33N5O2/c1-4-18-34(19-5-1)49-51-50(37-24-10-13-31-44(37)63-51)58-54(57-49)38-25-16-29-42-47(38)48-39(55-60-52(35-20-6-2-7-21-35)59-53(61-55)36-22-8-3-9-23-36)26-17-30-43(48)56(42)40-27-11-14-32-45(40)62-46-33-15-12-28-41(46)56/h1-33H. The van der Waals surface area contributed by atoms with E-state index in [1.807, 2.05) is 109 Å². The van der Waals surface area contributed by atoms with Gasteiger partial charge in [-0.2, -0.15) is 0 Å². The normalized spacial score (nSPS) is 13.0. The van der Waals surface area contributed by atoms with E-state index in [9.17, 15) is 0 Å². The minimum atomic E-state index is -0.783. The van der Waals surface area contributed by atoms with E-state index in [2.05, 4.69) is 91.0 Å². The first-order valence-electron chi connectivity index (χ1n) is 21.0. The average molecular weight is 808 g/mol. The molecule has 1 aliphatic heterocycles. The summed E-state index contributed by atoms with van der Waals surface area (Å²) < 4.78 is 13.3. The lowest BCUT2D eigenvalue weighted by molar-refractivity contribution is 0.436. The van der Waals surface area contributed by atoms with Crippen molar-refractivity contribution in [1.29, 1.82) is 0 Å². The highest BCUT2D eigenvalue weighted by Crippen LogP contribution is 2.64. The van der Waals surface area contributed by atoms with Gasteiger partial charge >= 0.3 is 0 Å². The van der Waals surface area contributed by atoms with Crippen molar-refractivity contribution < 1.29 is 9.15 Å². The van der Waals surface area contributed by atoms with Crippen molar-refractivity contribution in [3.8, 4) is 79.4 Å². The SMILES string of the molecule is c1ccc(-c2nc(-c3ccccc3)nc(-c3cccc4c3-c3c(-c5nc(-c6ccccc6)c6oc7ccccc7c6n5)cccc3C43c4ccccc4Oc4ccccc43)n2)cc1. The first kappa shape index (κ1) is 35.2. The highest BCUT2D eigenvalue weighted by atomic mass is 16.5. The quantitative estimate of drug-likeness (QED) is 0.171. The summed E-state index contributed by atoms with van der Waals surface area (Å²) in [6.07, 6.45) is 0. The highest BCUT2D eigenvalue weighted by Gasteiger charge is 2.52. The molecule has 7 nitrogen and oxygen atoms in total. The number of benzene rings is 8. The molecule has 13 rings (SSSR count). The lowest BCUT2D eigenvalue weighted by atomic mass is 9.66. The zero-order chi connectivity index (χ0) is 41.5. The Labute approximate surface area is 362 Å². The summed E-state index contributed by atoms with van der Waals surface area (Å²) in [5.74, 6) is 3.94. The number of fused-ring (bicyclic) bond motifs is 12. The maximum atomic E-state index is 6.73. The number of nitrogens with zero attached hydrogens (tertiary/aromatic N) is 5. The second-order valence-corrected chi connectivity index (χ2v) is 15.9. The maximum Gasteiger partial charge on any atom is 0.180 e. The fraction of sp³-hybridized carbons (Fsp3) is 0.0179. The Morgan fingerprint density at radius 1 is 0.349 bits per heavy atom. The van der Waals surface area contributed by atoms with E-state index < -0.39 is 5.41 Å². The van der Waals surface area contributed by atoms with Gasteiger partial charge in [-0.05, 0) is 46.5 Å². The smallest absolute Gasteiger partial charge is 0.180 e. The van der Waals surface area contributed by atoms with Gasteiger partial charge in [0.2, 0.25) is 0 Å². The Balaban J connectivity index is 1.17. The molecule has 7 heteroatoms. The fourth-order valence-corrected chi connectivity index (χ4v) is 9.79. The van der Waals surface area contributed by atoms with Gasteiger partial charge in [-0.25, -0.2) is 24.9 Å². The first-order chi connectivity index (χ1) is 31.2. The molecule has 3 aromatic heterocycles. The van der Waals surface area contributed by atoms with Crippen molar-refractivity contribution in [3.05, 3.63) is 222 Å². The molecule has 0 saturated heterocycles. The van der Waals surface area contributed by atoms with Crippen LogP contribution in [0.5, 0.6) is 11.5 Å². The van der Waals surface area contributed by atoms with Gasteiger partial charge in [-0.15, -0.1) is 0 Å². The molecular weight excluding hydrogens is 775 g/mol. The third-order valence-corrected chi connectivity index (χ3v) is 12.4. The molecular formula is C56H33N5O2. The van der Waals surface area contributed by atoms with E-state index in [0.717, 1.165) is 94.9 Å². The van der Waals surface area contributed by atoms with Crippen molar-refractivity contribution >= 4 is 22.1 Å². The Bertz CT molecular complexity index is 3500. The van der Waals surface area contributed by atoms with Gasteiger partial charge in [-0.1, -0.05) is 176 Å². The van der Waals surface area contributed by atoms with Gasteiger partial charge in [0.15, 0.2) is 28.9 Å². The summed E-state index contributed by atoms with van der Waals surface area (Å²) in [4.78, 5) is 26.6. The third-order valence-electron chi connectivity index (χ3n) is 12.4. The second kappa shape index (κ2) is 13.7. The summed E-state index contributed by atoms with van der Waals surface area (Å²) in [6, 6.07) is 68.3. The van der Waals surface area contributed by atoms with Crippen LogP contribution in [-0.4, -0.2) is 24.9 Å². The fourth-order valence-electron chi connectivity index (χ4n) is 9.79. The Morgan fingerprint density at radius 2 is 0.810 bits per heavy atom. The molecule has 0 radical (unpaired) electrons. The molecule has 4 heterocycles. The van der Waals surface area contributed by atoms with E-state index in [0.29, 0.717) is 28.9 Å². The molecule has 0 saturated carbocycles. The van der Waals surface area contributed by atoms with Crippen LogP contribution < -0.4 is 4.74 Å². The molecule has 8 aromatic carbocycles. The molecule has 0 fully saturated rings. The molecule has 1 aliphatic carbocycles. The average Bonchev–Trinajstić information content (AvgIpc) is 3.88. The second-order valence-electron chi connectivity index (χ2n) is 15.9. The van der Waals surface area contributed by atoms with Crippen LogP contribution in [0.15, 0.2) is 205 Å². The van der Waals surface area contributed by atoms with Gasteiger partial charge < -0.3 is 9.15 Å². The summed E-state index contributed by atoms with van der Waals surface area (Å²) in [5, 5.41) is 0.929. The van der Waals surface area contributed by atoms with E-state index in [-0.39, 0.29) is 0 Å². The maximum absolute atomic E-state index is 6.73. The van der Waals surface area contributed by atoms with Crippen LogP contribution in [0.2, 0.25) is 0 Å². The molecule has 0 bridgehead atoms. The van der Waals surface area contributed by atoms with Crippen LogP contribution in [0.4, 0.5) is 0 Å². The van der Waals surface area contributed by atoms with Crippen LogP contribution >= 0.6 is 0 Å². The van der Waals surface area contributed by atoms with Crippen LogP contribution in [0.3, 0.4) is 0 Å². The third kappa shape index (κ3) is 5.23. The van der Waals surface area contributed by atoms with Crippen LogP contribution in [0, 0.1) is 0 Å². The zero-order valence-electron chi connectivity index (χ0n) is 33.6. The number of hydrogen-bond acceptors (Lipinski definition) is 7. The molecule has 294 valence electrons. The molecule has 0 atom stereocenters. The minimum absolute atomic E-state index is 0.563. The molecule has 0 amide bonds. The zero-order valence-corrected chi connectivity index (χ0v) is 33.6. The molecule has 2 aliphatic rings. The first-order valence-corrected chi connectivity index (χ1v) is 21.0.